The molecule has 5 nitrogen and oxygen atoms in total. The normalized spacial score (nSPS) is 17.2. The Hall–Kier alpha value is -2.83. The highest BCUT2D eigenvalue weighted by molar-refractivity contribution is 5.80. The van der Waals surface area contributed by atoms with Crippen LogP contribution in [0, 0.1) is 11.6 Å². The molecule has 144 valence electrons. The van der Waals surface area contributed by atoms with Crippen molar-refractivity contribution in [1.82, 2.24) is 10.6 Å². The van der Waals surface area contributed by atoms with Gasteiger partial charge in [-0.25, -0.2) is 13.8 Å². The third kappa shape index (κ3) is 5.09. The summed E-state index contributed by atoms with van der Waals surface area (Å²) in [5.41, 5.74) is 1.41. The fourth-order valence-electron chi connectivity index (χ4n) is 3.12. The highest BCUT2D eigenvalue weighted by atomic mass is 19.1. The second-order valence-corrected chi connectivity index (χ2v) is 6.53. The number of anilines is 1. The number of aromatic hydroxyl groups is 1. The standard InChI is InChI=1S/C20H24F2N4O/c1-2-23-20(24-12-14-3-6-17(27)7-4-14)25-16-9-10-26(13-16)19-8-5-15(21)11-18(19)22/h3-8,11,16,27H,2,9-10,12-13H2,1H3,(H2,23,24,25). The van der Waals surface area contributed by atoms with Gasteiger partial charge in [-0.2, -0.15) is 0 Å². The van der Waals surface area contributed by atoms with Crippen LogP contribution in [0.1, 0.15) is 18.9 Å². The van der Waals surface area contributed by atoms with Crippen molar-refractivity contribution in [1.29, 1.82) is 0 Å². The Kier molecular flexibility index (Phi) is 6.11. The largest absolute Gasteiger partial charge is 0.508 e. The Balaban J connectivity index is 1.61. The zero-order valence-corrected chi connectivity index (χ0v) is 15.3. The van der Waals surface area contributed by atoms with Crippen molar-refractivity contribution >= 4 is 11.6 Å². The average Bonchev–Trinajstić information content (AvgIpc) is 3.09. The molecule has 1 aliphatic heterocycles. The van der Waals surface area contributed by atoms with Crippen LogP contribution in [0.2, 0.25) is 0 Å². The van der Waals surface area contributed by atoms with Crippen molar-refractivity contribution < 1.29 is 13.9 Å². The SMILES string of the molecule is CCNC(=NCc1ccc(O)cc1)NC1CCN(c2ccc(F)cc2F)C1. The maximum Gasteiger partial charge on any atom is 0.191 e. The fraction of sp³-hybridized carbons (Fsp3) is 0.350. The highest BCUT2D eigenvalue weighted by Gasteiger charge is 2.25. The minimum absolute atomic E-state index is 0.118. The van der Waals surface area contributed by atoms with Gasteiger partial charge in [0.1, 0.15) is 17.4 Å². The van der Waals surface area contributed by atoms with Crippen LogP contribution in [0.4, 0.5) is 14.5 Å². The van der Waals surface area contributed by atoms with Gasteiger partial charge in [-0.1, -0.05) is 12.1 Å². The first-order chi connectivity index (χ1) is 13.0. The van der Waals surface area contributed by atoms with Crippen LogP contribution in [0.5, 0.6) is 5.75 Å². The molecule has 3 N–H and O–H groups in total. The number of nitrogens with zero attached hydrogens (tertiary/aromatic N) is 2. The number of halogens is 2. The van der Waals surface area contributed by atoms with E-state index in [0.29, 0.717) is 31.3 Å². The molecule has 0 aliphatic carbocycles. The summed E-state index contributed by atoms with van der Waals surface area (Å²) in [6, 6.07) is 10.7. The summed E-state index contributed by atoms with van der Waals surface area (Å²) in [7, 11) is 0. The lowest BCUT2D eigenvalue weighted by Gasteiger charge is -2.21. The highest BCUT2D eigenvalue weighted by Crippen LogP contribution is 2.24. The molecule has 2 aromatic carbocycles. The van der Waals surface area contributed by atoms with E-state index < -0.39 is 11.6 Å². The first-order valence-electron chi connectivity index (χ1n) is 9.08. The van der Waals surface area contributed by atoms with Crippen LogP contribution in [0.3, 0.4) is 0 Å². The Morgan fingerprint density at radius 3 is 2.70 bits per heavy atom. The van der Waals surface area contributed by atoms with Gasteiger partial charge in [0.2, 0.25) is 0 Å². The van der Waals surface area contributed by atoms with E-state index in [1.807, 2.05) is 24.0 Å². The molecule has 2 aromatic rings. The van der Waals surface area contributed by atoms with E-state index >= 15 is 0 Å². The lowest BCUT2D eigenvalue weighted by Crippen LogP contribution is -2.44. The van der Waals surface area contributed by atoms with Gasteiger partial charge in [-0.05, 0) is 43.2 Å². The van der Waals surface area contributed by atoms with Crippen molar-refractivity contribution in [3.63, 3.8) is 0 Å². The second-order valence-electron chi connectivity index (χ2n) is 6.53. The molecule has 3 rings (SSSR count). The third-order valence-electron chi connectivity index (χ3n) is 4.48. The number of nitrogens with one attached hydrogen (secondary N) is 2. The molecule has 0 aromatic heterocycles. The number of hydrogen-bond acceptors (Lipinski definition) is 3. The Labute approximate surface area is 157 Å². The van der Waals surface area contributed by atoms with Crippen molar-refractivity contribution in [2.24, 2.45) is 4.99 Å². The summed E-state index contributed by atoms with van der Waals surface area (Å²) in [4.78, 5) is 6.49. The summed E-state index contributed by atoms with van der Waals surface area (Å²) in [5.74, 6) is -0.187. The number of phenols is 1. The van der Waals surface area contributed by atoms with Crippen LogP contribution in [-0.4, -0.2) is 36.7 Å². The maximum absolute atomic E-state index is 14.0. The molecule has 1 heterocycles. The molecular weight excluding hydrogens is 350 g/mol. The third-order valence-corrected chi connectivity index (χ3v) is 4.48. The van der Waals surface area contributed by atoms with Crippen molar-refractivity contribution in [3.05, 3.63) is 59.7 Å². The average molecular weight is 374 g/mol. The molecule has 0 saturated carbocycles. The van der Waals surface area contributed by atoms with Gasteiger partial charge < -0.3 is 20.6 Å². The minimum Gasteiger partial charge on any atom is -0.508 e. The number of phenolic OH excluding ortho intramolecular Hbond substituents is 1. The molecule has 1 unspecified atom stereocenters. The molecule has 7 heteroatoms. The first-order valence-corrected chi connectivity index (χ1v) is 9.08. The smallest absolute Gasteiger partial charge is 0.191 e. The topological polar surface area (TPSA) is 59.9 Å². The molecule has 1 atom stereocenters. The lowest BCUT2D eigenvalue weighted by molar-refractivity contribution is 0.475. The van der Waals surface area contributed by atoms with Crippen LogP contribution in [-0.2, 0) is 6.54 Å². The summed E-state index contributed by atoms with van der Waals surface area (Å²) in [5, 5.41) is 15.9. The van der Waals surface area contributed by atoms with E-state index in [1.165, 1.54) is 12.1 Å². The van der Waals surface area contributed by atoms with Crippen LogP contribution in [0.25, 0.3) is 0 Å². The van der Waals surface area contributed by atoms with Gasteiger partial charge in [-0.15, -0.1) is 0 Å². The Bertz CT molecular complexity index is 795. The van der Waals surface area contributed by atoms with Gasteiger partial charge in [0.25, 0.3) is 0 Å². The minimum atomic E-state index is -0.569. The predicted octanol–water partition coefficient (Wildman–Crippen LogP) is 3.00. The molecule has 0 amide bonds. The second kappa shape index (κ2) is 8.70. The quantitative estimate of drug-likeness (QED) is 0.556. The van der Waals surface area contributed by atoms with Crippen molar-refractivity contribution in [2.75, 3.05) is 24.5 Å². The van der Waals surface area contributed by atoms with E-state index in [0.717, 1.165) is 24.6 Å². The van der Waals surface area contributed by atoms with E-state index in [1.54, 1.807) is 12.1 Å². The van der Waals surface area contributed by atoms with E-state index in [2.05, 4.69) is 15.6 Å². The van der Waals surface area contributed by atoms with E-state index in [9.17, 15) is 13.9 Å². The molecule has 0 spiro atoms. The van der Waals surface area contributed by atoms with Gasteiger partial charge in [0.15, 0.2) is 5.96 Å². The number of benzene rings is 2. The first kappa shape index (κ1) is 18.9. The van der Waals surface area contributed by atoms with Gasteiger partial charge in [-0.3, -0.25) is 0 Å². The monoisotopic (exact) mass is 374 g/mol. The molecule has 27 heavy (non-hydrogen) atoms. The summed E-state index contributed by atoms with van der Waals surface area (Å²) < 4.78 is 27.1. The van der Waals surface area contributed by atoms with Crippen LogP contribution in [0.15, 0.2) is 47.5 Å². The molecule has 0 radical (unpaired) electrons. The predicted molar refractivity (Wildman–Crippen MR) is 103 cm³/mol. The van der Waals surface area contributed by atoms with Crippen LogP contribution < -0.4 is 15.5 Å². The van der Waals surface area contributed by atoms with Crippen molar-refractivity contribution in [2.45, 2.75) is 25.9 Å². The molecule has 0 bridgehead atoms. The number of guanidine groups is 1. The summed E-state index contributed by atoms with van der Waals surface area (Å²) in [6.07, 6.45) is 0.834. The zero-order chi connectivity index (χ0) is 19.2. The van der Waals surface area contributed by atoms with Crippen molar-refractivity contribution in [3.8, 4) is 5.75 Å². The van der Waals surface area contributed by atoms with E-state index in [-0.39, 0.29) is 11.8 Å². The van der Waals surface area contributed by atoms with Gasteiger partial charge >= 0.3 is 0 Å². The van der Waals surface area contributed by atoms with Gasteiger partial charge in [0.05, 0.1) is 12.2 Å². The zero-order valence-electron chi connectivity index (χ0n) is 15.3. The summed E-state index contributed by atoms with van der Waals surface area (Å²) >= 11 is 0. The number of hydrogen-bond donors (Lipinski definition) is 3. The number of aliphatic imine (C=N–C) groups is 1. The molecular formula is C20H24F2N4O. The van der Waals surface area contributed by atoms with Crippen LogP contribution >= 0.6 is 0 Å². The number of rotatable bonds is 5. The summed E-state index contributed by atoms with van der Waals surface area (Å²) in [6.45, 7) is 4.51. The molecule has 1 saturated heterocycles. The maximum atomic E-state index is 14.0. The Morgan fingerprint density at radius 2 is 2.00 bits per heavy atom. The van der Waals surface area contributed by atoms with Gasteiger partial charge in [0, 0.05) is 31.7 Å². The molecule has 1 aliphatic rings. The fourth-order valence-corrected chi connectivity index (χ4v) is 3.12. The molecule has 1 fully saturated rings. The Morgan fingerprint density at radius 1 is 1.22 bits per heavy atom. The lowest BCUT2D eigenvalue weighted by atomic mass is 10.2. The van der Waals surface area contributed by atoms with E-state index in [4.69, 9.17) is 0 Å².